The van der Waals surface area contributed by atoms with Crippen molar-refractivity contribution in [1.82, 2.24) is 5.23 Å². The first-order valence-corrected chi connectivity index (χ1v) is 5.90. The standard InChI is InChI=1S/C10H22N2O4/c13-11(14)9-7-5-3-1-2-4-6-8-10-12(15)16/h13-14H,1-10H2. The second kappa shape index (κ2) is 10.8. The van der Waals surface area contributed by atoms with E-state index < -0.39 is 0 Å². The predicted molar refractivity (Wildman–Crippen MR) is 59.1 cm³/mol. The van der Waals surface area contributed by atoms with Gasteiger partial charge in [-0.2, -0.15) is 0 Å². The lowest BCUT2D eigenvalue weighted by atomic mass is 10.1. The van der Waals surface area contributed by atoms with E-state index in [-0.39, 0.29) is 16.7 Å². The molecule has 0 amide bonds. The highest BCUT2D eigenvalue weighted by Gasteiger charge is 1.97. The van der Waals surface area contributed by atoms with Crippen LogP contribution in [-0.4, -0.2) is 33.7 Å². The molecule has 0 fully saturated rings. The predicted octanol–water partition coefficient (Wildman–Crippen LogP) is 2.46. The Kier molecular flexibility index (Phi) is 10.3. The summed E-state index contributed by atoms with van der Waals surface area (Å²) >= 11 is 0. The summed E-state index contributed by atoms with van der Waals surface area (Å²) in [7, 11) is 0. The molecule has 0 aromatic heterocycles. The zero-order valence-electron chi connectivity index (χ0n) is 9.68. The molecule has 2 N–H and O–H groups in total. The minimum absolute atomic E-state index is 0.0861. The van der Waals surface area contributed by atoms with Crippen LogP contribution in [0.5, 0.6) is 0 Å². The Balaban J connectivity index is 2.96. The van der Waals surface area contributed by atoms with Crippen molar-refractivity contribution in [3.8, 4) is 0 Å². The van der Waals surface area contributed by atoms with Gasteiger partial charge < -0.3 is 0 Å². The fourth-order valence-corrected chi connectivity index (χ4v) is 1.55. The summed E-state index contributed by atoms with van der Waals surface area (Å²) in [6, 6.07) is 0. The molecule has 0 aromatic rings. The van der Waals surface area contributed by atoms with Crippen LogP contribution in [0.4, 0.5) is 0 Å². The lowest BCUT2D eigenvalue weighted by Crippen LogP contribution is -2.14. The van der Waals surface area contributed by atoms with Crippen molar-refractivity contribution in [2.75, 3.05) is 13.1 Å². The van der Waals surface area contributed by atoms with Gasteiger partial charge in [0.15, 0.2) is 0 Å². The van der Waals surface area contributed by atoms with Gasteiger partial charge in [0.05, 0.1) is 6.54 Å². The van der Waals surface area contributed by atoms with Gasteiger partial charge in [-0.1, -0.05) is 37.3 Å². The van der Waals surface area contributed by atoms with Crippen LogP contribution in [-0.2, 0) is 0 Å². The highest BCUT2D eigenvalue weighted by Crippen LogP contribution is 2.08. The van der Waals surface area contributed by atoms with E-state index in [0.29, 0.717) is 13.0 Å². The third kappa shape index (κ3) is 13.3. The molecule has 0 saturated carbocycles. The average Bonchev–Trinajstić information content (AvgIpc) is 2.20. The summed E-state index contributed by atoms with van der Waals surface area (Å²) in [6.45, 7) is 0.381. The third-order valence-corrected chi connectivity index (χ3v) is 2.45. The Morgan fingerprint density at radius 2 is 1.31 bits per heavy atom. The first kappa shape index (κ1) is 15.3. The van der Waals surface area contributed by atoms with Crippen molar-refractivity contribution in [3.63, 3.8) is 0 Å². The molecule has 6 nitrogen and oxygen atoms in total. The second-order valence-corrected chi connectivity index (χ2v) is 3.98. The van der Waals surface area contributed by atoms with Gasteiger partial charge in [-0.25, -0.2) is 0 Å². The maximum absolute atomic E-state index is 10.0. The number of hydrogen-bond donors (Lipinski definition) is 2. The molecule has 0 spiro atoms. The topological polar surface area (TPSA) is 86.8 Å². The smallest absolute Gasteiger partial charge is 0.203 e. The van der Waals surface area contributed by atoms with Crippen LogP contribution >= 0.6 is 0 Å². The number of hydroxylamine groups is 2. The molecular weight excluding hydrogens is 212 g/mol. The van der Waals surface area contributed by atoms with Gasteiger partial charge in [0.2, 0.25) is 6.54 Å². The van der Waals surface area contributed by atoms with E-state index in [0.717, 1.165) is 44.9 Å². The van der Waals surface area contributed by atoms with Crippen LogP contribution in [0.2, 0.25) is 0 Å². The molecule has 0 aliphatic carbocycles. The summed E-state index contributed by atoms with van der Waals surface area (Å²) in [5, 5.41) is 27.1. The third-order valence-electron chi connectivity index (χ3n) is 2.45. The minimum Gasteiger partial charge on any atom is -0.290 e. The average molecular weight is 234 g/mol. The molecule has 96 valence electrons. The van der Waals surface area contributed by atoms with Crippen molar-refractivity contribution in [2.24, 2.45) is 0 Å². The number of unbranched alkanes of at least 4 members (excludes halogenated alkanes) is 7. The summed E-state index contributed by atoms with van der Waals surface area (Å²) in [5.41, 5.74) is 0. The molecule has 0 heterocycles. The molecular formula is C10H22N2O4. The Hall–Kier alpha value is -0.720. The quantitative estimate of drug-likeness (QED) is 0.326. The summed E-state index contributed by atoms with van der Waals surface area (Å²) in [5.74, 6) is 0. The number of nitro groups is 1. The van der Waals surface area contributed by atoms with Gasteiger partial charge >= 0.3 is 0 Å². The van der Waals surface area contributed by atoms with Gasteiger partial charge in [0, 0.05) is 11.3 Å². The molecule has 6 heteroatoms. The first-order valence-electron chi connectivity index (χ1n) is 5.90. The molecule has 0 aromatic carbocycles. The van der Waals surface area contributed by atoms with Gasteiger partial charge in [-0.15, -0.1) is 0 Å². The maximum Gasteiger partial charge on any atom is 0.203 e. The lowest BCUT2D eigenvalue weighted by molar-refractivity contribution is -0.480. The van der Waals surface area contributed by atoms with Crippen LogP contribution in [0.25, 0.3) is 0 Å². The number of hydrogen-bond acceptors (Lipinski definition) is 5. The van der Waals surface area contributed by atoms with Crippen molar-refractivity contribution < 1.29 is 15.3 Å². The van der Waals surface area contributed by atoms with Gasteiger partial charge in [0.1, 0.15) is 0 Å². The van der Waals surface area contributed by atoms with E-state index in [1.54, 1.807) is 0 Å². The molecule has 0 aliphatic heterocycles. The van der Waals surface area contributed by atoms with Crippen LogP contribution in [0.1, 0.15) is 51.4 Å². The van der Waals surface area contributed by atoms with Crippen molar-refractivity contribution in [3.05, 3.63) is 10.1 Å². The molecule has 0 radical (unpaired) electrons. The zero-order valence-corrected chi connectivity index (χ0v) is 9.68. The SMILES string of the molecule is O=[N+]([O-])CCCCCCCCCCN(O)O. The van der Waals surface area contributed by atoms with Gasteiger partial charge in [0.25, 0.3) is 0 Å². The Labute approximate surface area is 95.9 Å². The van der Waals surface area contributed by atoms with E-state index in [1.165, 1.54) is 0 Å². The number of rotatable bonds is 11. The highest BCUT2D eigenvalue weighted by atomic mass is 16.8. The fraction of sp³-hybridized carbons (Fsp3) is 1.00. The van der Waals surface area contributed by atoms with Crippen LogP contribution in [0.15, 0.2) is 0 Å². The van der Waals surface area contributed by atoms with E-state index in [2.05, 4.69) is 0 Å². The Bertz CT molecular complexity index is 176. The van der Waals surface area contributed by atoms with E-state index >= 15 is 0 Å². The molecule has 16 heavy (non-hydrogen) atoms. The minimum atomic E-state index is -0.268. The summed E-state index contributed by atoms with van der Waals surface area (Å²) in [6.07, 6.45) is 7.76. The van der Waals surface area contributed by atoms with E-state index in [4.69, 9.17) is 10.4 Å². The van der Waals surface area contributed by atoms with Crippen LogP contribution < -0.4 is 0 Å². The monoisotopic (exact) mass is 234 g/mol. The van der Waals surface area contributed by atoms with E-state index in [9.17, 15) is 10.1 Å². The summed E-state index contributed by atoms with van der Waals surface area (Å²) in [4.78, 5) is 9.75. The maximum atomic E-state index is 10.0. The van der Waals surface area contributed by atoms with Crippen LogP contribution in [0, 0.1) is 10.1 Å². The highest BCUT2D eigenvalue weighted by molar-refractivity contribution is 4.47. The van der Waals surface area contributed by atoms with Gasteiger partial charge in [-0.3, -0.25) is 20.5 Å². The van der Waals surface area contributed by atoms with Crippen molar-refractivity contribution >= 4 is 0 Å². The Morgan fingerprint density at radius 3 is 1.75 bits per heavy atom. The zero-order chi connectivity index (χ0) is 12.2. The second-order valence-electron chi connectivity index (χ2n) is 3.98. The largest absolute Gasteiger partial charge is 0.290 e. The Morgan fingerprint density at radius 1 is 0.875 bits per heavy atom. The van der Waals surface area contributed by atoms with Gasteiger partial charge in [-0.05, 0) is 12.8 Å². The first-order chi connectivity index (χ1) is 7.63. The van der Waals surface area contributed by atoms with Crippen molar-refractivity contribution in [1.29, 1.82) is 0 Å². The molecule has 0 bridgehead atoms. The molecule has 0 saturated heterocycles. The molecule has 0 atom stereocenters. The summed E-state index contributed by atoms with van der Waals surface area (Å²) < 4.78 is 0. The number of nitrogens with zero attached hydrogens (tertiary/aromatic N) is 2. The molecule has 0 rings (SSSR count). The molecule has 0 aliphatic rings. The molecule has 0 unspecified atom stereocenters. The normalized spacial score (nSPS) is 10.9. The van der Waals surface area contributed by atoms with E-state index in [1.807, 2.05) is 0 Å². The van der Waals surface area contributed by atoms with Crippen molar-refractivity contribution in [2.45, 2.75) is 51.4 Å². The van der Waals surface area contributed by atoms with Crippen LogP contribution in [0.3, 0.4) is 0 Å². The fourth-order valence-electron chi connectivity index (χ4n) is 1.55. The lowest BCUT2D eigenvalue weighted by Gasteiger charge is -2.05.